The number of fused-ring (bicyclic) bond motifs is 5. The van der Waals surface area contributed by atoms with Crippen molar-refractivity contribution in [2.75, 3.05) is 7.11 Å². The Balaban J connectivity index is 1.58. The number of methoxy groups -OCH3 is 1. The van der Waals surface area contributed by atoms with Crippen LogP contribution >= 0.6 is 0 Å². The highest BCUT2D eigenvalue weighted by Gasteiger charge is 2.57. The van der Waals surface area contributed by atoms with E-state index in [4.69, 9.17) is 4.74 Å². The van der Waals surface area contributed by atoms with Gasteiger partial charge in [-0.3, -0.25) is 9.59 Å². The predicted octanol–water partition coefficient (Wildman–Crippen LogP) is 3.40. The van der Waals surface area contributed by atoms with Crippen molar-refractivity contribution in [2.45, 2.75) is 64.4 Å². The molecule has 3 heteroatoms. The highest BCUT2D eigenvalue weighted by molar-refractivity contribution is 5.87. The quantitative estimate of drug-likeness (QED) is 0.745. The Bertz CT molecular complexity index is 499. The number of ether oxygens (including phenoxy) is 1. The van der Waals surface area contributed by atoms with E-state index in [9.17, 15) is 9.59 Å². The molecule has 4 rings (SSSR count). The Labute approximate surface area is 133 Å². The summed E-state index contributed by atoms with van der Waals surface area (Å²) in [5.41, 5.74) is -0.0286. The topological polar surface area (TPSA) is 43.4 Å². The van der Waals surface area contributed by atoms with Crippen molar-refractivity contribution in [3.05, 3.63) is 0 Å². The fourth-order valence-electron chi connectivity index (χ4n) is 6.62. The monoisotopic (exact) mass is 304 g/mol. The molecule has 0 aromatic rings. The van der Waals surface area contributed by atoms with Gasteiger partial charge in [-0.05, 0) is 68.1 Å². The lowest BCUT2D eigenvalue weighted by atomic mass is 9.50. The van der Waals surface area contributed by atoms with Gasteiger partial charge in [0.15, 0.2) is 5.78 Å². The highest BCUT2D eigenvalue weighted by atomic mass is 16.5. The minimum Gasteiger partial charge on any atom is -0.374 e. The van der Waals surface area contributed by atoms with Crippen molar-refractivity contribution in [1.29, 1.82) is 0 Å². The van der Waals surface area contributed by atoms with Crippen molar-refractivity contribution >= 4 is 11.6 Å². The van der Waals surface area contributed by atoms with E-state index in [0.29, 0.717) is 29.3 Å². The fourth-order valence-corrected chi connectivity index (χ4v) is 6.62. The minimum atomic E-state index is -0.168. The molecule has 0 heterocycles. The van der Waals surface area contributed by atoms with Gasteiger partial charge in [-0.2, -0.15) is 0 Å². The van der Waals surface area contributed by atoms with Gasteiger partial charge in [-0.15, -0.1) is 0 Å². The summed E-state index contributed by atoms with van der Waals surface area (Å²) in [7, 11) is 1.68. The van der Waals surface area contributed by atoms with Crippen LogP contribution in [0.4, 0.5) is 0 Å². The third-order valence-electron chi connectivity index (χ3n) is 7.82. The summed E-state index contributed by atoms with van der Waals surface area (Å²) in [4.78, 5) is 24.5. The molecule has 4 saturated carbocycles. The van der Waals surface area contributed by atoms with E-state index in [0.717, 1.165) is 43.9 Å². The van der Waals surface area contributed by atoms with Crippen molar-refractivity contribution in [2.24, 2.45) is 35.0 Å². The van der Waals surface area contributed by atoms with E-state index in [1.54, 1.807) is 7.11 Å². The molecule has 0 aromatic carbocycles. The number of rotatable bonds is 1. The van der Waals surface area contributed by atoms with Gasteiger partial charge >= 0.3 is 0 Å². The largest absolute Gasteiger partial charge is 0.374 e. The lowest BCUT2D eigenvalue weighted by Gasteiger charge is -2.54. The van der Waals surface area contributed by atoms with Gasteiger partial charge in [0.05, 0.1) is 0 Å². The number of hydrogen-bond donors (Lipinski definition) is 0. The summed E-state index contributed by atoms with van der Waals surface area (Å²) in [5.74, 6) is 4.14. The normalized spacial score (nSPS) is 51.2. The molecule has 3 nitrogen and oxygen atoms in total. The molecule has 7 atom stereocenters. The van der Waals surface area contributed by atoms with E-state index in [-0.39, 0.29) is 11.5 Å². The van der Waals surface area contributed by atoms with E-state index >= 15 is 0 Å². The number of hydrogen-bond acceptors (Lipinski definition) is 3. The Morgan fingerprint density at radius 3 is 2.64 bits per heavy atom. The average Bonchev–Trinajstić information content (AvgIpc) is 2.82. The molecule has 0 saturated heterocycles. The molecule has 0 N–H and O–H groups in total. The first-order chi connectivity index (χ1) is 10.5. The summed E-state index contributed by atoms with van der Waals surface area (Å²) >= 11 is 0. The zero-order valence-corrected chi connectivity index (χ0v) is 13.8. The molecule has 0 spiro atoms. The van der Waals surface area contributed by atoms with E-state index in [1.807, 2.05) is 0 Å². The van der Waals surface area contributed by atoms with E-state index < -0.39 is 0 Å². The Hall–Kier alpha value is -0.700. The van der Waals surface area contributed by atoms with Crippen molar-refractivity contribution < 1.29 is 14.3 Å². The van der Waals surface area contributed by atoms with E-state index in [1.165, 1.54) is 19.3 Å². The zero-order valence-electron chi connectivity index (χ0n) is 13.8. The van der Waals surface area contributed by atoms with Gasteiger partial charge in [-0.1, -0.05) is 6.92 Å². The maximum atomic E-state index is 12.4. The van der Waals surface area contributed by atoms with Crippen molar-refractivity contribution in [3.8, 4) is 0 Å². The van der Waals surface area contributed by atoms with Crippen LogP contribution in [0.2, 0.25) is 0 Å². The molecule has 4 aliphatic rings. The lowest BCUT2D eigenvalue weighted by molar-refractivity contribution is -0.144. The minimum absolute atomic E-state index is 0.0286. The first kappa shape index (κ1) is 14.9. The number of carbonyl (C=O) groups is 2. The third kappa shape index (κ3) is 1.97. The number of ketones is 2. The van der Waals surface area contributed by atoms with Gasteiger partial charge in [0.1, 0.15) is 11.9 Å². The van der Waals surface area contributed by atoms with Crippen LogP contribution in [0.15, 0.2) is 0 Å². The molecule has 122 valence electrons. The molecule has 0 radical (unpaired) electrons. The summed E-state index contributed by atoms with van der Waals surface area (Å²) in [6.45, 7) is 2.23. The van der Waals surface area contributed by atoms with Crippen LogP contribution in [-0.2, 0) is 14.3 Å². The van der Waals surface area contributed by atoms with Crippen LogP contribution in [0.5, 0.6) is 0 Å². The molecule has 0 aliphatic heterocycles. The third-order valence-corrected chi connectivity index (χ3v) is 7.82. The van der Waals surface area contributed by atoms with Gasteiger partial charge in [0.25, 0.3) is 0 Å². The first-order valence-corrected chi connectivity index (χ1v) is 9.13. The zero-order chi connectivity index (χ0) is 15.5. The summed E-state index contributed by atoms with van der Waals surface area (Å²) in [6.07, 6.45) is 8.10. The summed E-state index contributed by atoms with van der Waals surface area (Å²) < 4.78 is 5.45. The standard InChI is InChI=1S/C19H28O3/c1-19-8-7-12-13(15(19)5-6-18(19)21)4-3-11-9-16(20)17(22-2)10-14(11)12/h11-15,17H,3-10H2,1-2H3/t11-,12+,13-,14+,15+,17-,19+/m1/s1. The summed E-state index contributed by atoms with van der Waals surface area (Å²) in [5, 5.41) is 0. The fraction of sp³-hybridized carbons (Fsp3) is 0.895. The molecule has 0 unspecified atom stereocenters. The van der Waals surface area contributed by atoms with Crippen LogP contribution in [0.3, 0.4) is 0 Å². The van der Waals surface area contributed by atoms with Gasteiger partial charge < -0.3 is 4.74 Å². The number of carbonyl (C=O) groups excluding carboxylic acids is 2. The Morgan fingerprint density at radius 1 is 1.05 bits per heavy atom. The van der Waals surface area contributed by atoms with Crippen LogP contribution in [0, 0.1) is 35.0 Å². The lowest BCUT2D eigenvalue weighted by Crippen LogP contribution is -2.51. The summed E-state index contributed by atoms with van der Waals surface area (Å²) in [6, 6.07) is 0. The first-order valence-electron chi connectivity index (χ1n) is 9.13. The second kappa shape index (κ2) is 5.15. The Kier molecular flexibility index (Phi) is 3.48. The maximum absolute atomic E-state index is 12.4. The molecule has 0 bridgehead atoms. The predicted molar refractivity (Wildman–Crippen MR) is 83.3 cm³/mol. The second-order valence-corrected chi connectivity index (χ2v) is 8.48. The molecule has 0 amide bonds. The maximum Gasteiger partial charge on any atom is 0.161 e. The highest BCUT2D eigenvalue weighted by Crippen LogP contribution is 2.61. The Morgan fingerprint density at radius 2 is 1.86 bits per heavy atom. The van der Waals surface area contributed by atoms with E-state index in [2.05, 4.69) is 6.92 Å². The second-order valence-electron chi connectivity index (χ2n) is 8.48. The smallest absolute Gasteiger partial charge is 0.161 e. The molecule has 0 aromatic heterocycles. The molecule has 4 aliphatic carbocycles. The van der Waals surface area contributed by atoms with Gasteiger partial charge in [0, 0.05) is 25.4 Å². The molecular formula is C19H28O3. The molecule has 4 fully saturated rings. The molecular weight excluding hydrogens is 276 g/mol. The van der Waals surface area contributed by atoms with Crippen LogP contribution in [-0.4, -0.2) is 24.8 Å². The van der Waals surface area contributed by atoms with Crippen LogP contribution < -0.4 is 0 Å². The van der Waals surface area contributed by atoms with Gasteiger partial charge in [-0.25, -0.2) is 0 Å². The number of Topliss-reactive ketones (excluding diaryl/α,β-unsaturated/α-hetero) is 2. The van der Waals surface area contributed by atoms with Gasteiger partial charge in [0.2, 0.25) is 0 Å². The van der Waals surface area contributed by atoms with Crippen molar-refractivity contribution in [1.82, 2.24) is 0 Å². The molecule has 22 heavy (non-hydrogen) atoms. The van der Waals surface area contributed by atoms with Crippen LogP contribution in [0.1, 0.15) is 58.3 Å². The van der Waals surface area contributed by atoms with Crippen LogP contribution in [0.25, 0.3) is 0 Å². The average molecular weight is 304 g/mol. The SMILES string of the molecule is CO[C@@H]1C[C@H]2[C@H](CC[C@@H]3[C@@H]2CC[C@]2(C)C(=O)CC[C@@H]32)CC1=O. The van der Waals surface area contributed by atoms with Crippen molar-refractivity contribution in [3.63, 3.8) is 0 Å².